The van der Waals surface area contributed by atoms with Gasteiger partial charge in [0.05, 0.1) is 12.5 Å². The van der Waals surface area contributed by atoms with Crippen molar-refractivity contribution < 1.29 is 32.7 Å². The number of aromatic nitrogens is 1. The van der Waals surface area contributed by atoms with Crippen molar-refractivity contribution in [3.8, 4) is 44.9 Å². The Morgan fingerprint density at radius 2 is 1.38 bits per heavy atom. The number of anilines is 5. The summed E-state index contributed by atoms with van der Waals surface area (Å²) in [5.41, 5.74) is 8.88. The van der Waals surface area contributed by atoms with Gasteiger partial charge in [0.1, 0.15) is 5.82 Å². The van der Waals surface area contributed by atoms with Crippen LogP contribution in [0.15, 0.2) is 170 Å². The minimum atomic E-state index is -0.435. The van der Waals surface area contributed by atoms with Crippen LogP contribution in [-0.4, -0.2) is 4.98 Å². The molecule has 50 heavy (non-hydrogen) atoms. The van der Waals surface area contributed by atoms with E-state index in [9.17, 15) is 0 Å². The normalized spacial score (nSPS) is 14.2. The van der Waals surface area contributed by atoms with Crippen LogP contribution in [0.5, 0.6) is 11.5 Å². The number of fused-ring (bicyclic) bond motifs is 5. The second-order valence-electron chi connectivity index (χ2n) is 11.5. The summed E-state index contributed by atoms with van der Waals surface area (Å²) in [6, 6.07) is 45.7. The molecule has 0 N–H and O–H groups in total. The van der Waals surface area contributed by atoms with Crippen molar-refractivity contribution in [3.05, 3.63) is 189 Å². The molecule has 0 saturated carbocycles. The van der Waals surface area contributed by atoms with Crippen LogP contribution in [0, 0.1) is 18.8 Å². The molecular weight excluding hydrogens is 796 g/mol. The Bertz CT molecular complexity index is 2580. The molecule has 0 aliphatic carbocycles. The van der Waals surface area contributed by atoms with Gasteiger partial charge in [0.15, 0.2) is 0 Å². The van der Waals surface area contributed by atoms with Crippen LogP contribution in [0.3, 0.4) is 0 Å². The maximum Gasteiger partial charge on any atom is 0.135 e. The van der Waals surface area contributed by atoms with Crippen LogP contribution >= 0.6 is 0 Å². The zero-order valence-corrected chi connectivity index (χ0v) is 28.6. The van der Waals surface area contributed by atoms with Crippen molar-refractivity contribution in [2.24, 2.45) is 0 Å². The Labute approximate surface area is 313 Å². The number of nitrogens with zero attached hydrogens (tertiary/aromatic N) is 4. The first-order chi connectivity index (χ1) is 26.4. The van der Waals surface area contributed by atoms with Gasteiger partial charge in [-0.2, -0.15) is 12.1 Å². The molecule has 1 aromatic heterocycles. The molecule has 0 saturated heterocycles. The van der Waals surface area contributed by atoms with Crippen LogP contribution in [0.2, 0.25) is 0 Å². The Morgan fingerprint density at radius 3 is 2.20 bits per heavy atom. The Kier molecular flexibility index (Phi) is 7.05. The molecule has 2 aliphatic rings. The third kappa shape index (κ3) is 5.87. The monoisotopic (exact) mass is 829 g/mol. The van der Waals surface area contributed by atoms with Crippen LogP contribution in [-0.2, 0) is 21.1 Å². The van der Waals surface area contributed by atoms with E-state index in [0.29, 0.717) is 17.2 Å². The van der Waals surface area contributed by atoms with Gasteiger partial charge in [-0.3, -0.25) is 0 Å². The first-order valence-electron chi connectivity index (χ1n) is 18.3. The van der Waals surface area contributed by atoms with Gasteiger partial charge < -0.3 is 19.4 Å². The second kappa shape index (κ2) is 13.5. The summed E-state index contributed by atoms with van der Waals surface area (Å²) in [6.07, 6.45) is 5.16. The molecule has 3 heterocycles. The molecule has 0 bridgehead atoms. The maximum atomic E-state index is 8.38. The van der Waals surface area contributed by atoms with Gasteiger partial charge in [0.2, 0.25) is 0 Å². The van der Waals surface area contributed by atoms with Crippen LogP contribution < -0.4 is 19.4 Å². The van der Waals surface area contributed by atoms with Crippen molar-refractivity contribution in [2.45, 2.75) is 0 Å². The quantitative estimate of drug-likeness (QED) is 0.156. The summed E-state index contributed by atoms with van der Waals surface area (Å²) in [7, 11) is 0. The third-order valence-electron chi connectivity index (χ3n) is 8.48. The summed E-state index contributed by atoms with van der Waals surface area (Å²) in [5, 5.41) is 0. The number of hydrogen-bond donors (Lipinski definition) is 0. The molecule has 5 nitrogen and oxygen atoms in total. The molecule has 9 rings (SSSR count). The molecular formula is C44H29N4OPt-3. The molecule has 6 aromatic carbocycles. The Morgan fingerprint density at radius 1 is 0.620 bits per heavy atom. The SMILES string of the molecule is [2H]c1c([2H])c([2H])c(N2C=CN(c3[c-]c(Oc4[c-]c5c(cc4)-c4ccccc4-c4cc(-c6ccccc6)ccc4N5c4ccccn4)ccc3)[CH-]2)c([2H])c1[2H].[Pt]. The van der Waals surface area contributed by atoms with E-state index in [2.05, 4.69) is 71.6 Å². The minimum Gasteiger partial charge on any atom is -0.509 e. The molecule has 7 aromatic rings. The van der Waals surface area contributed by atoms with E-state index < -0.39 is 18.1 Å². The van der Waals surface area contributed by atoms with Crippen molar-refractivity contribution in [1.29, 1.82) is 0 Å². The van der Waals surface area contributed by atoms with E-state index in [1.54, 1.807) is 30.2 Å². The topological polar surface area (TPSA) is 31.8 Å². The van der Waals surface area contributed by atoms with E-state index in [4.69, 9.17) is 16.6 Å². The molecule has 2 aliphatic heterocycles. The van der Waals surface area contributed by atoms with Crippen molar-refractivity contribution in [2.75, 3.05) is 14.7 Å². The fraction of sp³-hybridized carbons (Fsp3) is 0. The van der Waals surface area contributed by atoms with Gasteiger partial charge in [-0.05, 0) is 65.4 Å². The maximum absolute atomic E-state index is 8.38. The fourth-order valence-corrected chi connectivity index (χ4v) is 6.24. The standard InChI is InChI=1S/C44H29N4O.Pt/c1-3-12-32(13-4-1)33-21-24-42-41(28-33)39-19-8-7-18-38(39)40-23-22-37(30-43(40)48(42)44-20-9-10-25-45-44)49-36-17-11-16-35(29-36)47-27-26-46(31-47)34-14-5-2-6-15-34;/h1-28,31H;/q-3;/i2D,5D,6D,14D,15D;. The predicted molar refractivity (Wildman–Crippen MR) is 198 cm³/mol. The summed E-state index contributed by atoms with van der Waals surface area (Å²) in [6.45, 7) is 1.64. The predicted octanol–water partition coefficient (Wildman–Crippen LogP) is 11.2. The zero-order valence-electron chi connectivity index (χ0n) is 31.4. The fourth-order valence-electron chi connectivity index (χ4n) is 6.24. The van der Waals surface area contributed by atoms with E-state index >= 15 is 0 Å². The first kappa shape index (κ1) is 26.0. The van der Waals surface area contributed by atoms with Crippen molar-refractivity contribution in [1.82, 2.24) is 4.98 Å². The molecule has 0 atom stereocenters. The average Bonchev–Trinajstić information content (AvgIpc) is 3.66. The number of hydrogen-bond acceptors (Lipinski definition) is 5. The minimum absolute atomic E-state index is 0. The Hall–Kier alpha value is -5.90. The summed E-state index contributed by atoms with van der Waals surface area (Å²) >= 11 is 0. The number of rotatable bonds is 6. The second-order valence-corrected chi connectivity index (χ2v) is 11.5. The Balaban J connectivity index is 0.00000427. The smallest absolute Gasteiger partial charge is 0.135 e. The van der Waals surface area contributed by atoms with Gasteiger partial charge in [0.25, 0.3) is 0 Å². The van der Waals surface area contributed by atoms with E-state index in [1.165, 1.54) is 4.90 Å². The molecule has 0 amide bonds. The van der Waals surface area contributed by atoms with Crippen LogP contribution in [0.25, 0.3) is 33.4 Å². The van der Waals surface area contributed by atoms with Gasteiger partial charge in [-0.25, -0.2) is 4.98 Å². The van der Waals surface area contributed by atoms with Gasteiger partial charge >= 0.3 is 0 Å². The van der Waals surface area contributed by atoms with Crippen LogP contribution in [0.4, 0.5) is 28.6 Å². The largest absolute Gasteiger partial charge is 0.509 e. The summed E-state index contributed by atoms with van der Waals surface area (Å²) < 4.78 is 47.3. The molecule has 0 spiro atoms. The third-order valence-corrected chi connectivity index (χ3v) is 8.48. The number of ether oxygens (including phenoxy) is 1. The first-order valence-corrected chi connectivity index (χ1v) is 15.8. The van der Waals surface area contributed by atoms with Gasteiger partial charge in [-0.1, -0.05) is 96.1 Å². The van der Waals surface area contributed by atoms with Crippen molar-refractivity contribution in [3.63, 3.8) is 0 Å². The molecule has 0 fully saturated rings. The molecule has 6 heteroatoms. The number of benzene rings is 6. The van der Waals surface area contributed by atoms with E-state index in [1.807, 2.05) is 66.7 Å². The van der Waals surface area contributed by atoms with Crippen molar-refractivity contribution >= 4 is 28.6 Å². The van der Waals surface area contributed by atoms with Gasteiger partial charge in [0, 0.05) is 50.0 Å². The summed E-state index contributed by atoms with van der Waals surface area (Å²) in [5.74, 6) is 1.66. The molecule has 244 valence electrons. The van der Waals surface area contributed by atoms with Gasteiger partial charge in [-0.15, -0.1) is 48.3 Å². The van der Waals surface area contributed by atoms with Crippen LogP contribution in [0.1, 0.15) is 6.85 Å². The average molecular weight is 830 g/mol. The zero-order chi connectivity index (χ0) is 36.9. The molecule has 0 unspecified atom stereocenters. The number of pyridine rings is 1. The van der Waals surface area contributed by atoms with E-state index in [-0.39, 0.29) is 38.8 Å². The van der Waals surface area contributed by atoms with E-state index in [0.717, 1.165) is 50.6 Å². The summed E-state index contributed by atoms with van der Waals surface area (Å²) in [4.78, 5) is 10.2. The molecule has 0 radical (unpaired) electrons. The number of para-hydroxylation sites is 1.